The summed E-state index contributed by atoms with van der Waals surface area (Å²) >= 11 is 0. The normalized spacial score (nSPS) is 23.7. The van der Waals surface area contributed by atoms with Gasteiger partial charge in [0.1, 0.15) is 30.5 Å². The van der Waals surface area contributed by atoms with Crippen LogP contribution in [0.5, 0.6) is 0 Å². The van der Waals surface area contributed by atoms with E-state index in [1.165, 1.54) is 0 Å². The van der Waals surface area contributed by atoms with E-state index in [9.17, 15) is 28.5 Å². The van der Waals surface area contributed by atoms with Gasteiger partial charge >= 0.3 is 16.4 Å². The molecular weight excluding hydrogens is 608 g/mol. The lowest BCUT2D eigenvalue weighted by atomic mass is 9.99. The highest BCUT2D eigenvalue weighted by molar-refractivity contribution is 7.80. The van der Waals surface area contributed by atoms with Crippen molar-refractivity contribution in [2.75, 3.05) is 26.4 Å². The van der Waals surface area contributed by atoms with Gasteiger partial charge in [0.05, 0.1) is 26.4 Å². The summed E-state index contributed by atoms with van der Waals surface area (Å²) in [6.45, 7) is 3.31. The molecule has 0 aromatic heterocycles. The number of carbonyl (C=O) groups is 1. The summed E-state index contributed by atoms with van der Waals surface area (Å²) in [5.74, 6) is -0.465. The van der Waals surface area contributed by atoms with Crippen molar-refractivity contribution in [3.63, 3.8) is 0 Å². The molecule has 0 aromatic carbocycles. The van der Waals surface area contributed by atoms with Crippen LogP contribution in [0.1, 0.15) is 71.6 Å². The quantitative estimate of drug-likeness (QED) is 0.0509. The molecule has 1 rings (SSSR count). The van der Waals surface area contributed by atoms with E-state index in [0.717, 1.165) is 38.5 Å². The Hall–Kier alpha value is -2.20. The highest BCUT2D eigenvalue weighted by Crippen LogP contribution is 2.25. The number of unbranched alkanes of at least 4 members (excludes halogenated alkanes) is 1. The molecule has 6 unspecified atom stereocenters. The summed E-state index contributed by atoms with van der Waals surface area (Å²) in [5, 5.41) is 30.1. The predicted octanol–water partition coefficient (Wildman–Crippen LogP) is 3.89. The number of hydrogen-bond donors (Lipinski definition) is 4. The number of ether oxygens (including phenoxy) is 4. The molecule has 45 heavy (non-hydrogen) atoms. The van der Waals surface area contributed by atoms with E-state index in [1.54, 1.807) is 0 Å². The molecule has 6 atom stereocenters. The topological polar surface area (TPSA) is 178 Å². The Morgan fingerprint density at radius 3 is 1.98 bits per heavy atom. The lowest BCUT2D eigenvalue weighted by Crippen LogP contribution is -2.60. The summed E-state index contributed by atoms with van der Waals surface area (Å²) in [4.78, 5) is 12.2. The molecule has 0 bridgehead atoms. The number of esters is 1. The fraction of sp³-hybridized carbons (Fsp3) is 0.656. The van der Waals surface area contributed by atoms with Crippen molar-refractivity contribution in [1.82, 2.24) is 0 Å². The van der Waals surface area contributed by atoms with E-state index < -0.39 is 59.8 Å². The monoisotopic (exact) mass is 660 g/mol. The molecular formula is C32H52O12S. The minimum Gasteiger partial charge on any atom is -0.457 e. The zero-order valence-corrected chi connectivity index (χ0v) is 27.2. The van der Waals surface area contributed by atoms with E-state index >= 15 is 0 Å². The molecule has 1 saturated heterocycles. The van der Waals surface area contributed by atoms with E-state index in [0.29, 0.717) is 19.4 Å². The molecule has 13 heteroatoms. The molecule has 12 nitrogen and oxygen atoms in total. The van der Waals surface area contributed by atoms with Crippen molar-refractivity contribution in [2.45, 2.75) is 108 Å². The van der Waals surface area contributed by atoms with Gasteiger partial charge in [-0.15, -0.1) is 0 Å². The first-order chi connectivity index (χ1) is 21.6. The van der Waals surface area contributed by atoms with E-state index in [2.05, 4.69) is 59.7 Å². The molecule has 0 aromatic rings. The molecule has 0 saturated carbocycles. The van der Waals surface area contributed by atoms with Gasteiger partial charge in [0.2, 0.25) is 0 Å². The molecule has 0 spiro atoms. The van der Waals surface area contributed by atoms with Gasteiger partial charge in [-0.2, -0.15) is 8.42 Å². The molecule has 0 aliphatic carbocycles. The van der Waals surface area contributed by atoms with Crippen LogP contribution in [-0.2, 0) is 38.3 Å². The third-order valence-electron chi connectivity index (χ3n) is 6.42. The van der Waals surface area contributed by atoms with Gasteiger partial charge in [0.15, 0.2) is 6.29 Å². The van der Waals surface area contributed by atoms with E-state index in [-0.39, 0.29) is 19.6 Å². The van der Waals surface area contributed by atoms with E-state index in [1.807, 2.05) is 19.1 Å². The third kappa shape index (κ3) is 19.8. The second-order valence-corrected chi connectivity index (χ2v) is 11.4. The maximum absolute atomic E-state index is 12.2. The van der Waals surface area contributed by atoms with Gasteiger partial charge in [0, 0.05) is 6.42 Å². The van der Waals surface area contributed by atoms with Gasteiger partial charge in [-0.3, -0.25) is 9.35 Å². The van der Waals surface area contributed by atoms with Crippen LogP contribution >= 0.6 is 0 Å². The van der Waals surface area contributed by atoms with Crippen molar-refractivity contribution >= 4 is 16.4 Å². The van der Waals surface area contributed by atoms with Crippen molar-refractivity contribution < 1.29 is 56.2 Å². The van der Waals surface area contributed by atoms with Crippen molar-refractivity contribution in [2.24, 2.45) is 0 Å². The van der Waals surface area contributed by atoms with Crippen molar-refractivity contribution in [3.8, 4) is 0 Å². The third-order valence-corrected chi connectivity index (χ3v) is 6.89. The van der Waals surface area contributed by atoms with E-state index in [4.69, 9.17) is 23.5 Å². The zero-order valence-electron chi connectivity index (χ0n) is 26.4. The maximum Gasteiger partial charge on any atom is 0.397 e. The Bertz CT molecular complexity index is 1040. The first kappa shape index (κ1) is 40.8. The van der Waals surface area contributed by atoms with Crippen LogP contribution in [0.15, 0.2) is 60.8 Å². The molecule has 0 amide bonds. The predicted molar refractivity (Wildman–Crippen MR) is 169 cm³/mol. The fourth-order valence-corrected chi connectivity index (χ4v) is 4.57. The first-order valence-corrected chi connectivity index (χ1v) is 16.9. The molecule has 0 radical (unpaired) electrons. The van der Waals surface area contributed by atoms with Crippen LogP contribution in [0.4, 0.5) is 0 Å². The lowest BCUT2D eigenvalue weighted by molar-refractivity contribution is -0.301. The fourth-order valence-electron chi connectivity index (χ4n) is 4.06. The molecule has 1 heterocycles. The van der Waals surface area contributed by atoms with Crippen LogP contribution in [0.25, 0.3) is 0 Å². The Morgan fingerprint density at radius 2 is 1.44 bits per heavy atom. The zero-order chi connectivity index (χ0) is 33.3. The van der Waals surface area contributed by atoms with Crippen LogP contribution in [-0.4, -0.2) is 97.5 Å². The number of aliphatic hydroxyl groups is 3. The number of rotatable bonds is 24. The second-order valence-electron chi connectivity index (χ2n) is 10.3. The molecule has 1 aliphatic heterocycles. The summed E-state index contributed by atoms with van der Waals surface area (Å²) < 4.78 is 57.8. The average Bonchev–Trinajstić information content (AvgIpc) is 3.00. The van der Waals surface area contributed by atoms with Crippen LogP contribution < -0.4 is 0 Å². The Labute approximate surface area is 268 Å². The summed E-state index contributed by atoms with van der Waals surface area (Å²) in [6.07, 6.45) is 18.6. The Morgan fingerprint density at radius 1 is 0.867 bits per heavy atom. The lowest BCUT2D eigenvalue weighted by Gasteiger charge is -2.41. The number of aliphatic hydroxyl groups excluding tert-OH is 3. The standard InChI is InChI=1S/C32H52O12S/c1-3-5-7-8-9-10-11-12-13-14-15-16-17-18-19-20-22-40-24-26(42-28(34)21-6-4-2)25-41-32-30(36)31(44-45(37,38)39)29(35)27(23-33)43-32/h5,7,9-10,12-13,15-16,18-19,26-27,29-33,35-36H,3-4,6,8,11,14,17,20-25H2,1-2H3,(H,37,38,39)/b7-5-,10-9-,13-12-,16-15-,19-18-. The largest absolute Gasteiger partial charge is 0.457 e. The number of hydrogen-bond acceptors (Lipinski definition) is 11. The molecule has 258 valence electrons. The second kappa shape index (κ2) is 25.0. The highest BCUT2D eigenvalue weighted by Gasteiger charge is 2.48. The maximum atomic E-state index is 12.2. The number of carbonyl (C=O) groups excluding carboxylic acids is 1. The van der Waals surface area contributed by atoms with Gasteiger partial charge in [-0.1, -0.05) is 81.0 Å². The van der Waals surface area contributed by atoms with Gasteiger partial charge in [-0.25, -0.2) is 4.18 Å². The van der Waals surface area contributed by atoms with Crippen molar-refractivity contribution in [1.29, 1.82) is 0 Å². The average molecular weight is 661 g/mol. The van der Waals surface area contributed by atoms with Gasteiger partial charge in [-0.05, 0) is 44.9 Å². The van der Waals surface area contributed by atoms with Crippen LogP contribution in [0.2, 0.25) is 0 Å². The van der Waals surface area contributed by atoms with Gasteiger partial charge in [0.25, 0.3) is 0 Å². The van der Waals surface area contributed by atoms with Crippen LogP contribution in [0.3, 0.4) is 0 Å². The smallest absolute Gasteiger partial charge is 0.397 e. The van der Waals surface area contributed by atoms with Gasteiger partial charge < -0.3 is 34.3 Å². The molecule has 4 N–H and O–H groups in total. The Balaban J connectivity index is 2.49. The van der Waals surface area contributed by atoms with Crippen molar-refractivity contribution in [3.05, 3.63) is 60.8 Å². The first-order valence-electron chi connectivity index (χ1n) is 15.5. The molecule has 1 fully saturated rings. The number of allylic oxidation sites excluding steroid dienone is 9. The van der Waals surface area contributed by atoms with Crippen LogP contribution in [0, 0.1) is 0 Å². The Kier molecular flexibility index (Phi) is 22.6. The SMILES string of the molecule is CC/C=C\C/C=C\C/C=C\C/C=C\C/C=C\CCOCC(COC1OC(CO)C(O)C(OS(=O)(=O)O)C1O)OC(=O)CCCC. The summed E-state index contributed by atoms with van der Waals surface area (Å²) in [6, 6.07) is 0. The summed E-state index contributed by atoms with van der Waals surface area (Å²) in [5.41, 5.74) is 0. The summed E-state index contributed by atoms with van der Waals surface area (Å²) in [7, 11) is -5.05. The minimum absolute atomic E-state index is 0.0254. The molecule has 1 aliphatic rings. The minimum atomic E-state index is -5.05. The highest BCUT2D eigenvalue weighted by atomic mass is 32.3.